The summed E-state index contributed by atoms with van der Waals surface area (Å²) in [6.07, 6.45) is 1.58. The molecule has 0 aliphatic heterocycles. The topological polar surface area (TPSA) is 9.23 Å². The first-order chi connectivity index (χ1) is 5.74. The van der Waals surface area contributed by atoms with Gasteiger partial charge in [-0.25, -0.2) is 4.39 Å². The SMILES string of the molecule is C=CCOc1c[c]c(F)cc1Cl. The molecule has 0 unspecified atom stereocenters. The molecule has 0 aromatic heterocycles. The number of benzene rings is 1. The first-order valence-corrected chi connectivity index (χ1v) is 3.72. The van der Waals surface area contributed by atoms with Crippen molar-refractivity contribution in [2.24, 2.45) is 0 Å². The van der Waals surface area contributed by atoms with E-state index in [0.717, 1.165) is 6.07 Å². The second-order valence-corrected chi connectivity index (χ2v) is 2.50. The molecule has 0 fully saturated rings. The molecule has 63 valence electrons. The minimum absolute atomic E-state index is 0.244. The molecule has 0 spiro atoms. The van der Waals surface area contributed by atoms with Crippen LogP contribution in [0.15, 0.2) is 24.8 Å². The van der Waals surface area contributed by atoms with Gasteiger partial charge in [0.25, 0.3) is 0 Å². The van der Waals surface area contributed by atoms with E-state index >= 15 is 0 Å². The van der Waals surface area contributed by atoms with Crippen LogP contribution in [0.3, 0.4) is 0 Å². The van der Waals surface area contributed by atoms with E-state index in [-0.39, 0.29) is 5.02 Å². The van der Waals surface area contributed by atoms with Crippen LogP contribution in [0.25, 0.3) is 0 Å². The summed E-state index contributed by atoms with van der Waals surface area (Å²) >= 11 is 5.65. The third-order valence-electron chi connectivity index (χ3n) is 1.19. The summed E-state index contributed by atoms with van der Waals surface area (Å²) < 4.78 is 17.5. The molecule has 1 nitrogen and oxygen atoms in total. The number of hydrogen-bond acceptors (Lipinski definition) is 1. The molecule has 0 heterocycles. The smallest absolute Gasteiger partial charge is 0.139 e. The largest absolute Gasteiger partial charge is 0.488 e. The third-order valence-corrected chi connectivity index (χ3v) is 1.48. The standard InChI is InChI=1S/C9H7ClFO/c1-2-5-12-9-4-3-7(11)6-8(9)10/h2,4,6H,1,5H2. The summed E-state index contributed by atoms with van der Waals surface area (Å²) in [7, 11) is 0. The molecule has 0 atom stereocenters. The lowest BCUT2D eigenvalue weighted by molar-refractivity contribution is 0.362. The van der Waals surface area contributed by atoms with Gasteiger partial charge in [-0.2, -0.15) is 0 Å². The van der Waals surface area contributed by atoms with Crippen LogP contribution in [0.2, 0.25) is 5.02 Å². The second kappa shape index (κ2) is 4.12. The molecular weight excluding hydrogens is 179 g/mol. The van der Waals surface area contributed by atoms with Crippen molar-refractivity contribution in [3.8, 4) is 5.75 Å². The van der Waals surface area contributed by atoms with Gasteiger partial charge in [0, 0.05) is 6.07 Å². The van der Waals surface area contributed by atoms with Gasteiger partial charge >= 0.3 is 0 Å². The van der Waals surface area contributed by atoms with Crippen LogP contribution in [-0.4, -0.2) is 6.61 Å². The first kappa shape index (κ1) is 9.07. The molecule has 0 saturated carbocycles. The van der Waals surface area contributed by atoms with E-state index in [4.69, 9.17) is 16.3 Å². The highest BCUT2D eigenvalue weighted by Gasteiger charge is 2.01. The van der Waals surface area contributed by atoms with E-state index in [1.165, 1.54) is 6.07 Å². The lowest BCUT2D eigenvalue weighted by atomic mass is 10.3. The molecular formula is C9H7ClFO. The van der Waals surface area contributed by atoms with E-state index in [2.05, 4.69) is 12.6 Å². The van der Waals surface area contributed by atoms with Crippen LogP contribution < -0.4 is 4.74 Å². The van der Waals surface area contributed by atoms with Crippen molar-refractivity contribution in [2.75, 3.05) is 6.61 Å². The van der Waals surface area contributed by atoms with Crippen molar-refractivity contribution in [1.29, 1.82) is 0 Å². The zero-order valence-electron chi connectivity index (χ0n) is 6.31. The maximum atomic E-state index is 12.5. The van der Waals surface area contributed by atoms with Crippen LogP contribution in [0, 0.1) is 11.9 Å². The van der Waals surface area contributed by atoms with Gasteiger partial charge < -0.3 is 4.74 Å². The van der Waals surface area contributed by atoms with E-state index < -0.39 is 5.82 Å². The van der Waals surface area contributed by atoms with Gasteiger partial charge in [0.2, 0.25) is 0 Å². The monoisotopic (exact) mass is 185 g/mol. The Kier molecular flexibility index (Phi) is 3.11. The molecule has 1 rings (SSSR count). The van der Waals surface area contributed by atoms with E-state index in [1.807, 2.05) is 0 Å². The summed E-state index contributed by atoms with van der Waals surface area (Å²) in [5, 5.41) is 0.244. The van der Waals surface area contributed by atoms with Crippen LogP contribution >= 0.6 is 11.6 Å². The van der Waals surface area contributed by atoms with E-state index in [9.17, 15) is 4.39 Å². The zero-order chi connectivity index (χ0) is 8.97. The fraction of sp³-hybridized carbons (Fsp3) is 0.111. The van der Waals surface area contributed by atoms with E-state index in [1.54, 1.807) is 6.08 Å². The minimum atomic E-state index is -0.494. The molecule has 1 aromatic rings. The minimum Gasteiger partial charge on any atom is -0.488 e. The van der Waals surface area contributed by atoms with E-state index in [0.29, 0.717) is 12.4 Å². The molecule has 3 heteroatoms. The number of rotatable bonds is 3. The van der Waals surface area contributed by atoms with Gasteiger partial charge in [0.15, 0.2) is 0 Å². The molecule has 0 N–H and O–H groups in total. The van der Waals surface area contributed by atoms with Crippen molar-refractivity contribution in [3.05, 3.63) is 41.7 Å². The summed E-state index contributed by atoms with van der Waals surface area (Å²) in [6, 6.07) is 4.85. The highest BCUT2D eigenvalue weighted by molar-refractivity contribution is 6.32. The van der Waals surface area contributed by atoms with Crippen LogP contribution in [0.5, 0.6) is 5.75 Å². The average Bonchev–Trinajstić information content (AvgIpc) is 2.03. The molecule has 0 bridgehead atoms. The molecule has 1 radical (unpaired) electrons. The van der Waals surface area contributed by atoms with Gasteiger partial charge in [-0.1, -0.05) is 24.3 Å². The molecule has 1 aromatic carbocycles. The Bertz CT molecular complexity index is 286. The lowest BCUT2D eigenvalue weighted by Crippen LogP contribution is -1.93. The Hall–Kier alpha value is -1.02. The molecule has 12 heavy (non-hydrogen) atoms. The normalized spacial score (nSPS) is 9.50. The van der Waals surface area contributed by atoms with Gasteiger partial charge in [-0.3, -0.25) is 0 Å². The number of halogens is 2. The lowest BCUT2D eigenvalue weighted by Gasteiger charge is -2.03. The van der Waals surface area contributed by atoms with Crippen molar-refractivity contribution >= 4 is 11.6 Å². The van der Waals surface area contributed by atoms with Crippen LogP contribution in [0.1, 0.15) is 0 Å². The summed E-state index contributed by atoms with van der Waals surface area (Å²) in [4.78, 5) is 0. The third kappa shape index (κ3) is 2.24. The fourth-order valence-corrected chi connectivity index (χ4v) is 0.892. The van der Waals surface area contributed by atoms with Gasteiger partial charge in [0.05, 0.1) is 5.02 Å². The summed E-state index contributed by atoms with van der Waals surface area (Å²) in [5.74, 6) is -0.0797. The fourth-order valence-electron chi connectivity index (χ4n) is 0.687. The molecule has 0 saturated heterocycles. The van der Waals surface area contributed by atoms with Crippen molar-refractivity contribution < 1.29 is 9.13 Å². The predicted octanol–water partition coefficient (Wildman–Crippen LogP) is 2.84. The molecule has 0 amide bonds. The van der Waals surface area contributed by atoms with Gasteiger partial charge in [-0.15, -0.1) is 0 Å². The maximum absolute atomic E-state index is 12.5. The quantitative estimate of drug-likeness (QED) is 0.658. The molecule has 0 aliphatic carbocycles. The Morgan fingerprint density at radius 2 is 2.50 bits per heavy atom. The van der Waals surface area contributed by atoms with Crippen molar-refractivity contribution in [2.45, 2.75) is 0 Å². The zero-order valence-corrected chi connectivity index (χ0v) is 7.07. The predicted molar refractivity (Wildman–Crippen MR) is 45.9 cm³/mol. The Morgan fingerprint density at radius 3 is 3.08 bits per heavy atom. The summed E-state index contributed by atoms with van der Waals surface area (Å²) in [6.45, 7) is 3.82. The molecule has 0 aliphatic rings. The Balaban J connectivity index is 2.78. The van der Waals surface area contributed by atoms with Gasteiger partial charge in [-0.05, 0) is 12.1 Å². The van der Waals surface area contributed by atoms with Gasteiger partial charge in [0.1, 0.15) is 18.2 Å². The number of ether oxygens (including phenoxy) is 1. The summed E-state index contributed by atoms with van der Waals surface area (Å²) in [5.41, 5.74) is 0. The average molecular weight is 186 g/mol. The Labute approximate surface area is 75.4 Å². The second-order valence-electron chi connectivity index (χ2n) is 2.09. The highest BCUT2D eigenvalue weighted by atomic mass is 35.5. The first-order valence-electron chi connectivity index (χ1n) is 3.34. The van der Waals surface area contributed by atoms with Crippen molar-refractivity contribution in [3.63, 3.8) is 0 Å². The Morgan fingerprint density at radius 1 is 1.75 bits per heavy atom. The highest BCUT2D eigenvalue weighted by Crippen LogP contribution is 2.24. The van der Waals surface area contributed by atoms with Crippen molar-refractivity contribution in [1.82, 2.24) is 0 Å². The van der Waals surface area contributed by atoms with Crippen LogP contribution in [-0.2, 0) is 0 Å². The maximum Gasteiger partial charge on any atom is 0.139 e. The van der Waals surface area contributed by atoms with Crippen LogP contribution in [0.4, 0.5) is 4.39 Å². The number of hydrogen-bond donors (Lipinski definition) is 0.